The number of carbonyl (C=O) groups excluding carboxylic acids is 2. The van der Waals surface area contributed by atoms with Crippen molar-refractivity contribution in [3.8, 4) is 0 Å². The number of hydrogen-bond donors (Lipinski definition) is 2. The molecule has 0 spiro atoms. The van der Waals surface area contributed by atoms with E-state index in [1.165, 1.54) is 13.2 Å². The van der Waals surface area contributed by atoms with E-state index < -0.39 is 16.5 Å². The standard InChI is InChI=1S/C12H13Cl2N3O3S/c1-3-21(7-18)12(17-20-2)16-11(19)15-10-5-4-8(13)6-9(10)14/h4-6H,3H2,1-2H3,(H2,15,16,17,19). The molecule has 114 valence electrons. The van der Waals surface area contributed by atoms with Gasteiger partial charge in [0.05, 0.1) is 10.7 Å². The van der Waals surface area contributed by atoms with Gasteiger partial charge in [0.1, 0.15) is 7.11 Å². The van der Waals surface area contributed by atoms with Gasteiger partial charge in [0.25, 0.3) is 0 Å². The highest BCUT2D eigenvalue weighted by molar-refractivity contribution is 8.27. The number of hydrogen-bond acceptors (Lipinski definition) is 4. The molecule has 1 aromatic rings. The number of halogens is 2. The van der Waals surface area contributed by atoms with Gasteiger partial charge in [-0.3, -0.25) is 5.32 Å². The van der Waals surface area contributed by atoms with Crippen molar-refractivity contribution in [1.29, 1.82) is 0 Å². The molecule has 2 N–H and O–H groups in total. The van der Waals surface area contributed by atoms with E-state index in [1.807, 2.05) is 0 Å². The normalized spacial score (nSPS) is 12.3. The molecule has 0 aromatic heterocycles. The molecule has 6 nitrogen and oxygen atoms in total. The van der Waals surface area contributed by atoms with Crippen LogP contribution in [0.5, 0.6) is 0 Å². The number of urea groups is 1. The minimum Gasteiger partial charge on any atom is -0.397 e. The molecule has 1 atom stereocenters. The summed E-state index contributed by atoms with van der Waals surface area (Å²) in [5, 5.41) is 11.2. The first kappa shape index (κ1) is 17.5. The molecule has 1 unspecified atom stereocenters. The van der Waals surface area contributed by atoms with Gasteiger partial charge in [0.15, 0.2) is 5.23 Å². The van der Waals surface area contributed by atoms with E-state index in [9.17, 15) is 9.59 Å². The van der Waals surface area contributed by atoms with E-state index >= 15 is 0 Å². The van der Waals surface area contributed by atoms with Crippen molar-refractivity contribution in [3.05, 3.63) is 28.2 Å². The fourth-order valence-electron chi connectivity index (χ4n) is 1.29. The van der Waals surface area contributed by atoms with E-state index in [1.54, 1.807) is 24.3 Å². The number of oxime groups is 1. The third kappa shape index (κ3) is 5.40. The van der Waals surface area contributed by atoms with Crippen molar-refractivity contribution >= 4 is 55.8 Å². The molecule has 0 aliphatic heterocycles. The summed E-state index contributed by atoms with van der Waals surface area (Å²) >= 11 is 11.7. The zero-order valence-corrected chi connectivity index (χ0v) is 13.6. The summed E-state index contributed by atoms with van der Waals surface area (Å²) in [6.07, 6.45) is 0. The number of carbonyl (C=O) groups is 1. The van der Waals surface area contributed by atoms with Gasteiger partial charge >= 0.3 is 6.03 Å². The van der Waals surface area contributed by atoms with Crippen LogP contribution in [0, 0.1) is 0 Å². The molecule has 0 saturated heterocycles. The first-order chi connectivity index (χ1) is 10.0. The lowest BCUT2D eigenvalue weighted by molar-refractivity contribution is 0.213. The minimum atomic E-state index is -0.970. The maximum absolute atomic E-state index is 11.9. The summed E-state index contributed by atoms with van der Waals surface area (Å²) < 4.78 is 0. The van der Waals surface area contributed by atoms with Crippen molar-refractivity contribution in [2.24, 2.45) is 5.16 Å². The predicted molar refractivity (Wildman–Crippen MR) is 86.9 cm³/mol. The van der Waals surface area contributed by atoms with Crippen LogP contribution in [-0.2, 0) is 9.63 Å². The van der Waals surface area contributed by atoms with Crippen LogP contribution in [0.25, 0.3) is 0 Å². The van der Waals surface area contributed by atoms with Crippen molar-refractivity contribution in [1.82, 2.24) is 5.32 Å². The summed E-state index contributed by atoms with van der Waals surface area (Å²) in [6.45, 7) is 1.77. The molecule has 0 radical (unpaired) electrons. The molecule has 1 aromatic carbocycles. The number of nitrogens with zero attached hydrogens (tertiary/aromatic N) is 1. The Kier molecular flexibility index (Phi) is 7.25. The number of amides is 2. The van der Waals surface area contributed by atoms with Crippen LogP contribution in [0.1, 0.15) is 6.92 Å². The van der Waals surface area contributed by atoms with Gasteiger partial charge in [-0.2, -0.15) is 0 Å². The highest BCUT2D eigenvalue weighted by Gasteiger charge is 2.12. The average Bonchev–Trinajstić information content (AvgIpc) is 2.43. The van der Waals surface area contributed by atoms with Gasteiger partial charge < -0.3 is 10.2 Å². The van der Waals surface area contributed by atoms with Gasteiger partial charge in [-0.05, 0) is 28.7 Å². The van der Waals surface area contributed by atoms with Crippen LogP contribution >= 0.6 is 33.7 Å². The van der Waals surface area contributed by atoms with Crippen molar-refractivity contribution < 1.29 is 14.4 Å². The van der Waals surface area contributed by atoms with Crippen LogP contribution < -0.4 is 10.6 Å². The van der Waals surface area contributed by atoms with Crippen LogP contribution in [0.3, 0.4) is 0 Å². The number of amidine groups is 1. The Labute approximate surface area is 134 Å². The molecule has 9 heteroatoms. The van der Waals surface area contributed by atoms with E-state index in [-0.39, 0.29) is 5.17 Å². The molecule has 0 bridgehead atoms. The molecular formula is C12H13Cl2N3O3S. The Hall–Kier alpha value is -1.53. The zero-order chi connectivity index (χ0) is 15.8. The molecule has 0 fully saturated rings. The lowest BCUT2D eigenvalue weighted by Crippen LogP contribution is -2.34. The van der Waals surface area contributed by atoms with Crippen molar-refractivity contribution in [2.45, 2.75) is 6.92 Å². The first-order valence-corrected chi connectivity index (χ1v) is 7.89. The fraction of sp³-hybridized carbons (Fsp3) is 0.250. The van der Waals surface area contributed by atoms with Crippen molar-refractivity contribution in [2.75, 3.05) is 18.2 Å². The van der Waals surface area contributed by atoms with Crippen LogP contribution in [0.4, 0.5) is 10.5 Å². The van der Waals surface area contributed by atoms with Crippen LogP contribution in [0.15, 0.2) is 23.4 Å². The smallest absolute Gasteiger partial charge is 0.325 e. The summed E-state index contributed by atoms with van der Waals surface area (Å²) in [5.74, 6) is 0.452. The Morgan fingerprint density at radius 3 is 2.71 bits per heavy atom. The van der Waals surface area contributed by atoms with Gasteiger partial charge in [0.2, 0.25) is 5.17 Å². The molecule has 1 rings (SSSR count). The monoisotopic (exact) mass is 349 g/mol. The summed E-state index contributed by atoms with van der Waals surface area (Å²) in [4.78, 5) is 27.3. The second-order valence-electron chi connectivity index (χ2n) is 3.55. The summed E-state index contributed by atoms with van der Waals surface area (Å²) in [7, 11) is 0.347. The Bertz CT molecular complexity index is 616. The molecule has 0 saturated carbocycles. The van der Waals surface area contributed by atoms with Crippen molar-refractivity contribution in [3.63, 3.8) is 0 Å². The molecule has 2 amide bonds. The largest absolute Gasteiger partial charge is 0.397 e. The van der Waals surface area contributed by atoms with Gasteiger partial charge in [0, 0.05) is 10.8 Å². The minimum absolute atomic E-state index is 0.0950. The van der Waals surface area contributed by atoms with Gasteiger partial charge in [-0.15, -0.1) is 0 Å². The highest BCUT2D eigenvalue weighted by Crippen LogP contribution is 2.25. The third-order valence-electron chi connectivity index (χ3n) is 2.20. The van der Waals surface area contributed by atoms with Crippen LogP contribution in [0.2, 0.25) is 10.0 Å². The second-order valence-corrected chi connectivity index (χ2v) is 6.30. The van der Waals surface area contributed by atoms with Gasteiger partial charge in [-0.25, -0.2) is 9.59 Å². The lowest BCUT2D eigenvalue weighted by atomic mass is 10.3. The number of nitrogens with one attached hydrogen (secondary N) is 2. The SMILES string of the molecule is CCS(=C=O)C(=NOC)NC(=O)Nc1ccc(Cl)cc1Cl. The zero-order valence-electron chi connectivity index (χ0n) is 11.3. The third-order valence-corrected chi connectivity index (χ3v) is 4.17. The predicted octanol–water partition coefficient (Wildman–Crippen LogP) is 3.39. The van der Waals surface area contributed by atoms with Gasteiger partial charge in [-0.1, -0.05) is 35.3 Å². The molecule has 0 heterocycles. The topological polar surface area (TPSA) is 79.8 Å². The average molecular weight is 350 g/mol. The van der Waals surface area contributed by atoms with E-state index in [2.05, 4.69) is 20.6 Å². The van der Waals surface area contributed by atoms with Crippen LogP contribution in [-0.4, -0.2) is 29.3 Å². The second kappa shape index (κ2) is 8.69. The fourth-order valence-corrected chi connectivity index (χ4v) is 2.60. The summed E-state index contributed by atoms with van der Waals surface area (Å²) in [6, 6.07) is 4.04. The number of benzene rings is 1. The first-order valence-electron chi connectivity index (χ1n) is 5.74. The Morgan fingerprint density at radius 2 is 2.19 bits per heavy atom. The lowest BCUT2D eigenvalue weighted by Gasteiger charge is -2.11. The number of rotatable bonds is 3. The maximum atomic E-state index is 11.9. The van der Waals surface area contributed by atoms with E-state index in [4.69, 9.17) is 23.2 Å². The number of anilines is 1. The van der Waals surface area contributed by atoms with E-state index in [0.29, 0.717) is 21.5 Å². The Morgan fingerprint density at radius 1 is 1.48 bits per heavy atom. The maximum Gasteiger partial charge on any atom is 0.325 e. The molecular weight excluding hydrogens is 337 g/mol. The molecule has 0 aliphatic carbocycles. The highest BCUT2D eigenvalue weighted by atomic mass is 35.5. The molecule has 21 heavy (non-hydrogen) atoms. The van der Waals surface area contributed by atoms with E-state index in [0.717, 1.165) is 0 Å². The summed E-state index contributed by atoms with van der Waals surface area (Å²) in [5.41, 5.74) is 0.377. The quantitative estimate of drug-likeness (QED) is 0.380. The molecule has 0 aliphatic rings. The Balaban J connectivity index is 2.84.